The lowest BCUT2D eigenvalue weighted by Crippen LogP contribution is -2.25. The third-order valence-corrected chi connectivity index (χ3v) is 3.48. The van der Waals surface area contributed by atoms with Crippen molar-refractivity contribution < 1.29 is 14.7 Å². The number of hydrogen-bond donors (Lipinski definition) is 2. The molecule has 7 nitrogen and oxygen atoms in total. The van der Waals surface area contributed by atoms with Crippen LogP contribution in [-0.2, 0) is 4.79 Å². The number of benzene rings is 1. The Labute approximate surface area is 129 Å². The lowest BCUT2D eigenvalue weighted by molar-refractivity contribution is -0.254. The van der Waals surface area contributed by atoms with Gasteiger partial charge in [-0.1, -0.05) is 30.0 Å². The minimum atomic E-state index is -1.37. The van der Waals surface area contributed by atoms with Crippen molar-refractivity contribution in [2.45, 2.75) is 12.1 Å². The van der Waals surface area contributed by atoms with E-state index in [-0.39, 0.29) is 22.6 Å². The fourth-order valence-electron chi connectivity index (χ4n) is 1.71. The van der Waals surface area contributed by atoms with E-state index in [1.165, 1.54) is 24.3 Å². The number of carbonyl (C=O) groups is 2. The van der Waals surface area contributed by atoms with Crippen LogP contribution in [-0.4, -0.2) is 27.6 Å². The number of aromatic carboxylic acids is 1. The summed E-state index contributed by atoms with van der Waals surface area (Å²) in [5.74, 6) is -1.80. The molecule has 2 rings (SSSR count). The number of para-hydroxylation sites is 1. The summed E-state index contributed by atoms with van der Waals surface area (Å²) >= 11 is 1.05. The van der Waals surface area contributed by atoms with E-state index in [9.17, 15) is 19.5 Å². The predicted molar refractivity (Wildman–Crippen MR) is 79.7 cm³/mol. The molecule has 0 saturated heterocycles. The average Bonchev–Trinajstić information content (AvgIpc) is 2.44. The van der Waals surface area contributed by atoms with Gasteiger partial charge in [0, 0.05) is 23.0 Å². The Morgan fingerprint density at radius 2 is 2.09 bits per heavy atom. The molecule has 0 atom stereocenters. The molecule has 8 heteroatoms. The highest BCUT2D eigenvalue weighted by molar-refractivity contribution is 7.99. The summed E-state index contributed by atoms with van der Waals surface area (Å²) in [6.45, 7) is 1.68. The standard InChI is InChI=1S/C14H13N3O4S/c1-8-6-11(18)17-14(15-8)22-7-12(19)16-10-5-3-2-4-9(10)13(20)21/h2-6H,7H2,1H3,(H,16,19)(H,20,21)(H,15,17,18)/p-1. The highest BCUT2D eigenvalue weighted by Crippen LogP contribution is 2.16. The number of hydrogen-bond acceptors (Lipinski definition) is 6. The van der Waals surface area contributed by atoms with Crippen LogP contribution in [0.4, 0.5) is 5.69 Å². The first-order valence-corrected chi connectivity index (χ1v) is 7.25. The first kappa shape index (κ1) is 15.8. The van der Waals surface area contributed by atoms with Crippen LogP contribution in [0.3, 0.4) is 0 Å². The molecule has 0 aliphatic carbocycles. The van der Waals surface area contributed by atoms with Crippen LogP contribution in [0.2, 0.25) is 0 Å². The number of aryl methyl sites for hydroxylation is 1. The molecular weight excluding hydrogens is 306 g/mol. The molecule has 1 amide bonds. The average molecular weight is 318 g/mol. The minimum Gasteiger partial charge on any atom is -0.545 e. The highest BCUT2D eigenvalue weighted by Gasteiger charge is 2.09. The Morgan fingerprint density at radius 1 is 1.36 bits per heavy atom. The first-order chi connectivity index (χ1) is 10.5. The first-order valence-electron chi connectivity index (χ1n) is 6.26. The Hall–Kier alpha value is -2.61. The van der Waals surface area contributed by atoms with Crippen molar-refractivity contribution in [1.29, 1.82) is 0 Å². The normalized spacial score (nSPS) is 10.2. The molecule has 0 fully saturated rings. The van der Waals surface area contributed by atoms with Gasteiger partial charge in [-0.05, 0) is 13.0 Å². The fourth-order valence-corrected chi connectivity index (χ4v) is 2.43. The van der Waals surface area contributed by atoms with E-state index in [0.29, 0.717) is 10.9 Å². The maximum absolute atomic E-state index is 11.9. The number of carbonyl (C=O) groups excluding carboxylic acids is 2. The number of carboxylic acid groups (broad SMARTS) is 1. The van der Waals surface area contributed by atoms with Crippen LogP contribution >= 0.6 is 11.8 Å². The van der Waals surface area contributed by atoms with Crippen LogP contribution in [0.1, 0.15) is 16.1 Å². The molecule has 114 valence electrons. The van der Waals surface area contributed by atoms with Crippen molar-refractivity contribution in [3.05, 3.63) is 51.9 Å². The quantitative estimate of drug-likeness (QED) is 0.600. The summed E-state index contributed by atoms with van der Waals surface area (Å²) in [6, 6.07) is 7.31. The molecule has 2 aromatic rings. The molecule has 1 aromatic heterocycles. The van der Waals surface area contributed by atoms with Gasteiger partial charge in [0.15, 0.2) is 5.16 Å². The van der Waals surface area contributed by atoms with Crippen LogP contribution in [0.25, 0.3) is 0 Å². The molecule has 1 aromatic carbocycles. The smallest absolute Gasteiger partial charge is 0.251 e. The zero-order valence-corrected chi connectivity index (χ0v) is 12.4. The van der Waals surface area contributed by atoms with Gasteiger partial charge in [0.2, 0.25) is 5.91 Å². The number of anilines is 1. The predicted octanol–water partition coefficient (Wildman–Crippen LogP) is 0.173. The summed E-state index contributed by atoms with van der Waals surface area (Å²) in [6.07, 6.45) is 0. The zero-order valence-electron chi connectivity index (χ0n) is 11.6. The third-order valence-electron chi connectivity index (χ3n) is 2.61. The van der Waals surface area contributed by atoms with E-state index >= 15 is 0 Å². The second-order valence-corrected chi connectivity index (χ2v) is 5.33. The monoisotopic (exact) mass is 318 g/mol. The van der Waals surface area contributed by atoms with Crippen LogP contribution < -0.4 is 16.0 Å². The van der Waals surface area contributed by atoms with Gasteiger partial charge in [-0.15, -0.1) is 0 Å². The Kier molecular flexibility index (Phi) is 4.95. The molecular formula is C14H12N3O4S-. The molecule has 0 radical (unpaired) electrons. The largest absolute Gasteiger partial charge is 0.545 e. The summed E-state index contributed by atoms with van der Waals surface area (Å²) in [4.78, 5) is 40.7. The van der Waals surface area contributed by atoms with Crippen molar-refractivity contribution in [3.63, 3.8) is 0 Å². The summed E-state index contributed by atoms with van der Waals surface area (Å²) < 4.78 is 0. The lowest BCUT2D eigenvalue weighted by Gasteiger charge is -2.11. The topological polar surface area (TPSA) is 115 Å². The van der Waals surface area contributed by atoms with Gasteiger partial charge < -0.3 is 20.2 Å². The third kappa shape index (κ3) is 4.19. The molecule has 0 spiro atoms. The van der Waals surface area contributed by atoms with Crippen LogP contribution in [0.5, 0.6) is 0 Å². The van der Waals surface area contributed by atoms with Crippen molar-refractivity contribution in [2.75, 3.05) is 11.1 Å². The Morgan fingerprint density at radius 3 is 2.77 bits per heavy atom. The van der Waals surface area contributed by atoms with E-state index in [1.54, 1.807) is 13.0 Å². The Bertz CT molecular complexity index is 773. The van der Waals surface area contributed by atoms with E-state index in [1.807, 2.05) is 0 Å². The number of nitrogens with zero attached hydrogens (tertiary/aromatic N) is 1. The number of aromatic nitrogens is 2. The zero-order chi connectivity index (χ0) is 16.1. The van der Waals surface area contributed by atoms with Crippen molar-refractivity contribution >= 4 is 29.3 Å². The fraction of sp³-hybridized carbons (Fsp3) is 0.143. The van der Waals surface area contributed by atoms with E-state index in [0.717, 1.165) is 11.8 Å². The molecule has 0 aliphatic heterocycles. The molecule has 0 aliphatic rings. The van der Waals surface area contributed by atoms with Gasteiger partial charge in [-0.25, -0.2) is 4.98 Å². The molecule has 1 heterocycles. The van der Waals surface area contributed by atoms with Crippen LogP contribution in [0.15, 0.2) is 40.3 Å². The van der Waals surface area contributed by atoms with Gasteiger partial charge >= 0.3 is 0 Å². The number of nitrogens with one attached hydrogen (secondary N) is 2. The lowest BCUT2D eigenvalue weighted by atomic mass is 10.2. The number of amides is 1. The van der Waals surface area contributed by atoms with Gasteiger partial charge in [-0.3, -0.25) is 9.59 Å². The van der Waals surface area contributed by atoms with Crippen molar-refractivity contribution in [1.82, 2.24) is 9.97 Å². The van der Waals surface area contributed by atoms with Gasteiger partial charge in [0.05, 0.1) is 11.7 Å². The number of thioether (sulfide) groups is 1. The van der Waals surface area contributed by atoms with Gasteiger partial charge in [0.1, 0.15) is 0 Å². The number of rotatable bonds is 5. The minimum absolute atomic E-state index is 0.0201. The molecule has 0 bridgehead atoms. The molecule has 0 unspecified atom stereocenters. The number of carboxylic acids is 1. The SMILES string of the molecule is Cc1cc(=O)[nH]c(SCC(=O)Nc2ccccc2C(=O)[O-])n1. The summed E-state index contributed by atoms with van der Waals surface area (Å²) in [7, 11) is 0. The van der Waals surface area contributed by atoms with E-state index in [4.69, 9.17) is 0 Å². The molecule has 22 heavy (non-hydrogen) atoms. The second kappa shape index (κ2) is 6.90. The highest BCUT2D eigenvalue weighted by atomic mass is 32.2. The number of aromatic amines is 1. The maximum atomic E-state index is 11.9. The summed E-state index contributed by atoms with van der Waals surface area (Å²) in [5, 5.41) is 13.8. The maximum Gasteiger partial charge on any atom is 0.251 e. The van der Waals surface area contributed by atoms with Crippen molar-refractivity contribution in [3.8, 4) is 0 Å². The second-order valence-electron chi connectivity index (χ2n) is 4.36. The van der Waals surface area contributed by atoms with E-state index in [2.05, 4.69) is 15.3 Å². The van der Waals surface area contributed by atoms with Gasteiger partial charge in [-0.2, -0.15) is 0 Å². The van der Waals surface area contributed by atoms with Gasteiger partial charge in [0.25, 0.3) is 5.56 Å². The van der Waals surface area contributed by atoms with E-state index < -0.39 is 11.9 Å². The van der Waals surface area contributed by atoms with Crippen LogP contribution in [0, 0.1) is 6.92 Å². The molecule has 0 saturated carbocycles. The van der Waals surface area contributed by atoms with Crippen molar-refractivity contribution in [2.24, 2.45) is 0 Å². The Balaban J connectivity index is 2.02. The molecule has 2 N–H and O–H groups in total. The number of H-pyrrole nitrogens is 1. The summed E-state index contributed by atoms with van der Waals surface area (Å²) in [5.41, 5.74) is 0.327.